The summed E-state index contributed by atoms with van der Waals surface area (Å²) in [6.45, 7) is 6.64. The number of hydrogen-bond acceptors (Lipinski definition) is 5. The van der Waals surface area contributed by atoms with Gasteiger partial charge in [0.15, 0.2) is 0 Å². The van der Waals surface area contributed by atoms with E-state index in [4.69, 9.17) is 14.2 Å². The smallest absolute Gasteiger partial charge is 0.0806 e. The Kier molecular flexibility index (Phi) is 23.9. The van der Waals surface area contributed by atoms with Crippen LogP contribution in [-0.2, 0) is 14.2 Å². The number of hydrogen-bond donors (Lipinski definition) is 2. The van der Waals surface area contributed by atoms with Gasteiger partial charge < -0.3 is 24.4 Å². The summed E-state index contributed by atoms with van der Waals surface area (Å²) >= 11 is 0. The predicted molar refractivity (Wildman–Crippen MR) is 120 cm³/mol. The number of ether oxygens (including phenoxy) is 3. The molecule has 2 N–H and O–H groups in total. The molecule has 0 aromatic carbocycles. The highest BCUT2D eigenvalue weighted by Gasteiger charge is 2.09. The van der Waals surface area contributed by atoms with Gasteiger partial charge in [-0.05, 0) is 12.8 Å². The van der Waals surface area contributed by atoms with Gasteiger partial charge in [-0.1, -0.05) is 90.9 Å². The molecule has 0 saturated carbocycles. The van der Waals surface area contributed by atoms with E-state index in [1.807, 2.05) is 0 Å². The molecular formula is C24H50O5. The van der Waals surface area contributed by atoms with Gasteiger partial charge in [0, 0.05) is 0 Å². The second-order valence-electron chi connectivity index (χ2n) is 8.08. The first-order valence-electron chi connectivity index (χ1n) is 12.3. The lowest BCUT2D eigenvalue weighted by Crippen LogP contribution is -2.22. The molecule has 0 fully saturated rings. The van der Waals surface area contributed by atoms with Crippen molar-refractivity contribution < 1.29 is 24.4 Å². The maximum absolute atomic E-state index is 9.42. The molecule has 0 aromatic rings. The Morgan fingerprint density at radius 2 is 0.897 bits per heavy atom. The maximum Gasteiger partial charge on any atom is 0.0806 e. The number of unbranched alkanes of at least 4 members (excludes halogenated alkanes) is 10. The second kappa shape index (κ2) is 24.1. The fourth-order valence-electron chi connectivity index (χ4n) is 3.41. The van der Waals surface area contributed by atoms with E-state index in [1.165, 1.54) is 64.2 Å². The molecule has 29 heavy (non-hydrogen) atoms. The van der Waals surface area contributed by atoms with E-state index in [0.29, 0.717) is 26.4 Å². The molecule has 0 heterocycles. The lowest BCUT2D eigenvalue weighted by atomic mass is 10.1. The van der Waals surface area contributed by atoms with Crippen molar-refractivity contribution in [3.63, 3.8) is 0 Å². The highest BCUT2D eigenvalue weighted by Crippen LogP contribution is 2.11. The standard InChI is InChI=1S/C24H50O5/c1-3-5-7-9-11-13-15-23(21-25)28-19-17-27-18-20-29-24(22-26)16-14-12-10-8-6-4-2/h23-26H,3-22H2,1-2H3. The summed E-state index contributed by atoms with van der Waals surface area (Å²) in [6.07, 6.45) is 16.7. The molecule has 2 atom stereocenters. The average Bonchev–Trinajstić information content (AvgIpc) is 2.74. The molecule has 0 rings (SSSR count). The van der Waals surface area contributed by atoms with Crippen LogP contribution in [0.5, 0.6) is 0 Å². The van der Waals surface area contributed by atoms with Gasteiger partial charge in [0.25, 0.3) is 0 Å². The molecule has 2 unspecified atom stereocenters. The Hall–Kier alpha value is -0.200. The topological polar surface area (TPSA) is 68.2 Å². The molecule has 5 nitrogen and oxygen atoms in total. The van der Waals surface area contributed by atoms with Crippen LogP contribution in [0.15, 0.2) is 0 Å². The summed E-state index contributed by atoms with van der Waals surface area (Å²) in [5.74, 6) is 0. The normalized spacial score (nSPS) is 13.7. The third kappa shape index (κ3) is 20.8. The van der Waals surface area contributed by atoms with Crippen molar-refractivity contribution in [1.82, 2.24) is 0 Å². The van der Waals surface area contributed by atoms with Gasteiger partial charge in [-0.15, -0.1) is 0 Å². The van der Waals surface area contributed by atoms with Gasteiger partial charge in [0.1, 0.15) is 0 Å². The SMILES string of the molecule is CCCCCCCCC(CO)OCCOCCOC(CO)CCCCCCCC. The van der Waals surface area contributed by atoms with Crippen molar-refractivity contribution in [3.05, 3.63) is 0 Å². The number of aliphatic hydroxyl groups is 2. The second-order valence-corrected chi connectivity index (χ2v) is 8.08. The molecule has 0 saturated heterocycles. The van der Waals surface area contributed by atoms with E-state index in [0.717, 1.165) is 25.7 Å². The van der Waals surface area contributed by atoms with Crippen LogP contribution in [-0.4, -0.2) is 62.1 Å². The van der Waals surface area contributed by atoms with Crippen molar-refractivity contribution in [1.29, 1.82) is 0 Å². The van der Waals surface area contributed by atoms with Crippen molar-refractivity contribution in [2.75, 3.05) is 39.6 Å². The van der Waals surface area contributed by atoms with Crippen LogP contribution in [0.3, 0.4) is 0 Å². The van der Waals surface area contributed by atoms with E-state index < -0.39 is 0 Å². The zero-order valence-electron chi connectivity index (χ0n) is 19.4. The average molecular weight is 419 g/mol. The van der Waals surface area contributed by atoms with Crippen LogP contribution < -0.4 is 0 Å². The van der Waals surface area contributed by atoms with Crippen LogP contribution in [0.2, 0.25) is 0 Å². The molecule has 0 bridgehead atoms. The largest absolute Gasteiger partial charge is 0.394 e. The zero-order chi connectivity index (χ0) is 21.4. The predicted octanol–water partition coefficient (Wildman–Crippen LogP) is 5.26. The van der Waals surface area contributed by atoms with E-state index in [1.54, 1.807) is 0 Å². The fraction of sp³-hybridized carbons (Fsp3) is 1.00. The molecule has 0 aliphatic heterocycles. The summed E-state index contributed by atoms with van der Waals surface area (Å²) in [5, 5.41) is 18.8. The molecule has 0 spiro atoms. The third-order valence-electron chi connectivity index (χ3n) is 5.33. The molecule has 0 radical (unpaired) electrons. The monoisotopic (exact) mass is 418 g/mol. The zero-order valence-corrected chi connectivity index (χ0v) is 19.4. The Morgan fingerprint density at radius 1 is 0.517 bits per heavy atom. The molecule has 5 heteroatoms. The highest BCUT2D eigenvalue weighted by molar-refractivity contribution is 4.58. The fourth-order valence-corrected chi connectivity index (χ4v) is 3.41. The van der Waals surface area contributed by atoms with Gasteiger partial charge >= 0.3 is 0 Å². The Labute approximate surface area is 180 Å². The number of aliphatic hydroxyl groups excluding tert-OH is 2. The van der Waals surface area contributed by atoms with Crippen LogP contribution in [0.4, 0.5) is 0 Å². The van der Waals surface area contributed by atoms with Gasteiger partial charge in [-0.3, -0.25) is 0 Å². The summed E-state index contributed by atoms with van der Waals surface area (Å²) in [5.41, 5.74) is 0. The van der Waals surface area contributed by atoms with Crippen LogP contribution in [0.25, 0.3) is 0 Å². The number of rotatable bonds is 24. The van der Waals surface area contributed by atoms with Gasteiger partial charge in [-0.25, -0.2) is 0 Å². The van der Waals surface area contributed by atoms with Crippen molar-refractivity contribution in [2.24, 2.45) is 0 Å². The van der Waals surface area contributed by atoms with Gasteiger partial charge in [-0.2, -0.15) is 0 Å². The van der Waals surface area contributed by atoms with E-state index in [-0.39, 0.29) is 25.4 Å². The van der Waals surface area contributed by atoms with Crippen molar-refractivity contribution in [2.45, 2.75) is 116 Å². The summed E-state index contributed by atoms with van der Waals surface area (Å²) in [7, 11) is 0. The van der Waals surface area contributed by atoms with Crippen LogP contribution in [0.1, 0.15) is 104 Å². The van der Waals surface area contributed by atoms with Crippen LogP contribution >= 0.6 is 0 Å². The quantitative estimate of drug-likeness (QED) is 0.209. The van der Waals surface area contributed by atoms with E-state index in [2.05, 4.69) is 13.8 Å². The molecule has 0 aliphatic carbocycles. The first-order chi connectivity index (χ1) is 14.3. The van der Waals surface area contributed by atoms with E-state index >= 15 is 0 Å². The van der Waals surface area contributed by atoms with Crippen molar-refractivity contribution >= 4 is 0 Å². The first kappa shape index (κ1) is 28.8. The minimum Gasteiger partial charge on any atom is -0.394 e. The van der Waals surface area contributed by atoms with Crippen molar-refractivity contribution in [3.8, 4) is 0 Å². The highest BCUT2D eigenvalue weighted by atomic mass is 16.6. The lowest BCUT2D eigenvalue weighted by Gasteiger charge is -2.17. The first-order valence-corrected chi connectivity index (χ1v) is 12.3. The molecular weight excluding hydrogens is 368 g/mol. The summed E-state index contributed by atoms with van der Waals surface area (Å²) < 4.78 is 17.0. The molecule has 0 aromatic heterocycles. The van der Waals surface area contributed by atoms with Gasteiger partial charge in [0.05, 0.1) is 51.8 Å². The Bertz CT molecular complexity index is 273. The van der Waals surface area contributed by atoms with Gasteiger partial charge in [0.2, 0.25) is 0 Å². The Morgan fingerprint density at radius 3 is 1.28 bits per heavy atom. The molecule has 0 aliphatic rings. The Balaban J connectivity index is 3.49. The summed E-state index contributed by atoms with van der Waals surface area (Å²) in [6, 6.07) is 0. The minimum absolute atomic E-state index is 0.0721. The summed E-state index contributed by atoms with van der Waals surface area (Å²) in [4.78, 5) is 0. The molecule has 0 amide bonds. The third-order valence-corrected chi connectivity index (χ3v) is 5.33. The van der Waals surface area contributed by atoms with E-state index in [9.17, 15) is 10.2 Å². The lowest BCUT2D eigenvalue weighted by molar-refractivity contribution is -0.0484. The minimum atomic E-state index is -0.0721. The maximum atomic E-state index is 9.42. The molecule has 176 valence electrons. The van der Waals surface area contributed by atoms with Crippen LogP contribution in [0, 0.1) is 0 Å².